The highest BCUT2D eigenvalue weighted by molar-refractivity contribution is 5.03. The number of hydrogen-bond acceptors (Lipinski definition) is 0. The van der Waals surface area contributed by atoms with E-state index in [2.05, 4.69) is 194 Å². The minimum atomic E-state index is -5.20. The molecule has 0 aliphatic heterocycles. The highest BCUT2D eigenvalue weighted by Crippen LogP contribution is 2.66. The van der Waals surface area contributed by atoms with Gasteiger partial charge >= 0.3 is 55.6 Å². The lowest BCUT2D eigenvalue weighted by Crippen LogP contribution is -2.55. The normalized spacial score (nSPS) is 27.3. The molecule has 10 aliphatic rings. The maximum Gasteiger partial charge on any atom is 0.403 e. The van der Waals surface area contributed by atoms with Crippen LogP contribution in [0.4, 0.5) is 119 Å². The average molecular weight is 1940 g/mol. The van der Waals surface area contributed by atoms with Crippen LogP contribution in [0.3, 0.4) is 0 Å². The molecule has 130 heavy (non-hydrogen) atoms. The van der Waals surface area contributed by atoms with Gasteiger partial charge in [-0.3, -0.25) is 0 Å². The molecule has 0 saturated heterocycles. The standard InChI is InChI=1S/C14H20F6.C11H24.C10H18.2C9H12F6.C9H15F3.2C8H13F3.2C7H16.C6H14.C5H12/c1-10-2-4-11(5-3-10)6-8-12(9-7-11,13(15,16)17)14(18,19)20;1-9(2,3)11(7,8)10(4,5)6;1-8-7-9-3-5-10(8,2)6-4-9;1-6-2-4-7(5-3-6,8(10,11)12)9(13,14)15;1-6-4-2-3-5-7(6,8(10,11)12)9(13,14)15;1-6-4-3-5-8(7(6)2)9(10,11)12;1-6-2-4-7(5-3-6)8(9,10)11;1-6-3-2-4-7(5-6)8(9,10)11;1-6(2)7(3,4)5;1-5-6-7(2,3)4;1-5-6(2,3)4;1-5(2,3)4/h10H,2-9H2,1H3;1-8H3;8-9H,3-7H2,1-2H3;2*6H,2-5H2,1H3;6-8H,3-5H2,1-2H3;2*6-7H,2-5H2,1H3;6H,1-5H3;5-6H2,1-4H3;5H2,1-4H3;1-4H3/t;;8-,9?,10?;;6-;6?,7-,8?;;6-,7?;;;;/m..0.11.1..../s1. The zero-order chi connectivity index (χ0) is 104. The van der Waals surface area contributed by atoms with E-state index in [0.29, 0.717) is 88.3 Å². The lowest BCUT2D eigenvalue weighted by molar-refractivity contribution is -0.364. The SMILES string of the molecule is CC(C)(C)C.CC(C)(C)C(C)(C)C(C)(C)C.CC(C)C(C)(C)C.CC1CCC(C(F)(F)F)(C(F)(F)F)CC1.CC1CCC(C(F)(F)F)CC1.CC1CCC2(CC1)CCC(C(F)(F)F)(C(F)(F)F)CC2.CC1CCCC(C(F)(F)F)[C@@H]1C.CCC(C)(C)C.CCCC(C)(C)C.C[C@@H]1CCCC(C(F)(F)F)C1.C[C@@H]1CCCCC1(C(F)(F)F)C(F)(F)F.C[C@H]1CC2CCC1(C)CC2. The van der Waals surface area contributed by atoms with Crippen LogP contribution in [0, 0.1) is 142 Å². The highest BCUT2D eigenvalue weighted by Gasteiger charge is 2.74. The first kappa shape index (κ1) is 132. The molecule has 10 fully saturated rings. The fraction of sp³-hybridized carbons (Fsp3) is 1.00. The predicted octanol–water partition coefficient (Wildman–Crippen LogP) is 42.2. The van der Waals surface area contributed by atoms with Gasteiger partial charge in [0.05, 0.1) is 17.8 Å². The predicted molar refractivity (Wildman–Crippen MR) is 484 cm³/mol. The second kappa shape index (κ2) is 51.5. The molecule has 786 valence electrons. The molecular formula is C103H185F27. The number of fused-ring (bicyclic) bond motifs is 3. The van der Waals surface area contributed by atoms with Gasteiger partial charge in [0.2, 0.25) is 0 Å². The van der Waals surface area contributed by atoms with Gasteiger partial charge in [0.1, 0.15) is 0 Å². The summed E-state index contributed by atoms with van der Waals surface area (Å²) in [4.78, 5) is 0. The molecule has 0 aromatic rings. The fourth-order valence-electron chi connectivity index (χ4n) is 18.2. The van der Waals surface area contributed by atoms with Gasteiger partial charge in [-0.1, -0.05) is 312 Å². The molecule has 0 aromatic heterocycles. The van der Waals surface area contributed by atoms with Crippen LogP contribution in [-0.4, -0.2) is 55.6 Å². The van der Waals surface area contributed by atoms with E-state index in [1.165, 1.54) is 51.4 Å². The summed E-state index contributed by atoms with van der Waals surface area (Å²) in [5, 5.41) is 0. The average Bonchev–Trinajstić information content (AvgIpc) is 0.724. The van der Waals surface area contributed by atoms with Crippen LogP contribution in [0.25, 0.3) is 0 Å². The van der Waals surface area contributed by atoms with E-state index < -0.39 is 128 Å². The zero-order valence-electron chi connectivity index (χ0n) is 87.0. The zero-order valence-corrected chi connectivity index (χ0v) is 87.0. The monoisotopic (exact) mass is 1940 g/mol. The Morgan fingerprint density at radius 3 is 0.885 bits per heavy atom. The van der Waals surface area contributed by atoms with Crippen molar-refractivity contribution in [1.82, 2.24) is 0 Å². The quantitative estimate of drug-likeness (QED) is 0.230. The molecule has 1 spiro atoms. The van der Waals surface area contributed by atoms with E-state index in [-0.39, 0.29) is 67.6 Å². The third-order valence-corrected chi connectivity index (χ3v) is 31.8. The van der Waals surface area contributed by atoms with Crippen molar-refractivity contribution >= 4 is 0 Å². The van der Waals surface area contributed by atoms with Gasteiger partial charge in [0.25, 0.3) is 0 Å². The van der Waals surface area contributed by atoms with E-state index in [4.69, 9.17) is 0 Å². The smallest absolute Gasteiger partial charge is 0.171 e. The van der Waals surface area contributed by atoms with Crippen molar-refractivity contribution in [3.63, 3.8) is 0 Å². The van der Waals surface area contributed by atoms with E-state index in [1.54, 1.807) is 13.8 Å². The molecule has 10 aliphatic carbocycles. The first-order valence-corrected chi connectivity index (χ1v) is 49.0. The molecule has 2 bridgehead atoms. The first-order chi connectivity index (χ1) is 57.4. The molecule has 0 amide bonds. The second-order valence-corrected chi connectivity index (χ2v) is 49.7. The third-order valence-electron chi connectivity index (χ3n) is 31.8. The number of rotatable bonds is 1. The van der Waals surface area contributed by atoms with E-state index in [1.807, 2.05) is 20.8 Å². The first-order valence-electron chi connectivity index (χ1n) is 49.0. The van der Waals surface area contributed by atoms with Crippen molar-refractivity contribution in [3.05, 3.63) is 0 Å². The van der Waals surface area contributed by atoms with E-state index in [0.717, 1.165) is 94.3 Å². The Bertz CT molecular complexity index is 2880. The maximum absolute atomic E-state index is 13.0. The van der Waals surface area contributed by atoms with Crippen molar-refractivity contribution in [1.29, 1.82) is 0 Å². The molecule has 7 atom stereocenters. The second-order valence-electron chi connectivity index (χ2n) is 49.7. The van der Waals surface area contributed by atoms with Gasteiger partial charge < -0.3 is 0 Å². The summed E-state index contributed by atoms with van der Waals surface area (Å²) in [7, 11) is 0. The Morgan fingerprint density at radius 1 is 0.308 bits per heavy atom. The summed E-state index contributed by atoms with van der Waals surface area (Å²) in [5.41, 5.74) is -6.73. The summed E-state index contributed by atoms with van der Waals surface area (Å²) < 4.78 is 338. The van der Waals surface area contributed by atoms with Gasteiger partial charge in [-0.15, -0.1) is 0 Å². The summed E-state index contributed by atoms with van der Waals surface area (Å²) >= 11 is 0. The van der Waals surface area contributed by atoms with Crippen molar-refractivity contribution in [2.75, 3.05) is 0 Å². The number of hydrogen-bond donors (Lipinski definition) is 0. The van der Waals surface area contributed by atoms with E-state index >= 15 is 0 Å². The van der Waals surface area contributed by atoms with Crippen LogP contribution in [0.2, 0.25) is 0 Å². The number of alkyl halides is 27. The Hall–Kier alpha value is -1.89. The van der Waals surface area contributed by atoms with Crippen molar-refractivity contribution in [2.24, 2.45) is 142 Å². The van der Waals surface area contributed by atoms with Gasteiger partial charge in [-0.2, -0.15) is 119 Å². The molecule has 10 rings (SSSR count). The summed E-state index contributed by atoms with van der Waals surface area (Å²) in [5.74, 6) is -0.282. The van der Waals surface area contributed by atoms with Crippen LogP contribution >= 0.6 is 0 Å². The van der Waals surface area contributed by atoms with Gasteiger partial charge in [-0.05, 0) is 256 Å². The Kier molecular flexibility index (Phi) is 52.4. The molecule has 3 unspecified atom stereocenters. The van der Waals surface area contributed by atoms with Crippen molar-refractivity contribution in [2.45, 2.75) is 516 Å². The molecule has 27 heteroatoms. The number of halogens is 27. The molecule has 0 aromatic carbocycles. The maximum atomic E-state index is 13.0. The minimum absolute atomic E-state index is 0.0106. The van der Waals surface area contributed by atoms with E-state index in [9.17, 15) is 119 Å². The van der Waals surface area contributed by atoms with Gasteiger partial charge in [0.15, 0.2) is 16.2 Å². The fourth-order valence-corrected chi connectivity index (χ4v) is 18.2. The highest BCUT2D eigenvalue weighted by atomic mass is 19.5. The molecule has 10 saturated carbocycles. The van der Waals surface area contributed by atoms with Gasteiger partial charge in [-0.25, -0.2) is 0 Å². The summed E-state index contributed by atoms with van der Waals surface area (Å²) in [6, 6.07) is 0. The van der Waals surface area contributed by atoms with Crippen molar-refractivity contribution in [3.8, 4) is 0 Å². The largest absolute Gasteiger partial charge is 0.403 e. The lowest BCUT2D eigenvalue weighted by atomic mass is 9.56. The molecule has 0 nitrogen and oxygen atoms in total. The summed E-state index contributed by atoms with van der Waals surface area (Å²) in [6.07, 6.45) is -25.2. The third kappa shape index (κ3) is 45.1. The van der Waals surface area contributed by atoms with Crippen LogP contribution in [0.1, 0.15) is 460 Å². The molecule has 0 radical (unpaired) electrons. The van der Waals surface area contributed by atoms with Crippen LogP contribution in [0.15, 0.2) is 0 Å². The summed E-state index contributed by atoms with van der Waals surface area (Å²) in [6.45, 7) is 74.0. The molecule has 0 heterocycles. The van der Waals surface area contributed by atoms with Gasteiger partial charge in [0, 0.05) is 0 Å². The lowest BCUT2D eigenvalue weighted by Gasteiger charge is -2.49. The Morgan fingerprint density at radius 2 is 0.654 bits per heavy atom. The van der Waals surface area contributed by atoms with Crippen LogP contribution in [0.5, 0.6) is 0 Å². The minimum Gasteiger partial charge on any atom is -0.171 e. The Balaban J connectivity index is -0.00000138. The molecular weight excluding hydrogens is 1750 g/mol. The Labute approximate surface area is 772 Å². The van der Waals surface area contributed by atoms with Crippen LogP contribution < -0.4 is 0 Å². The van der Waals surface area contributed by atoms with Crippen LogP contribution in [-0.2, 0) is 0 Å². The van der Waals surface area contributed by atoms with Crippen molar-refractivity contribution < 1.29 is 119 Å². The molecule has 0 N–H and O–H groups in total. The topological polar surface area (TPSA) is 0 Å².